The van der Waals surface area contributed by atoms with Crippen molar-refractivity contribution < 1.29 is 4.42 Å². The zero-order chi connectivity index (χ0) is 12.8. The fraction of sp³-hybridized carbons (Fsp3) is 0.294. The summed E-state index contributed by atoms with van der Waals surface area (Å²) in [6, 6.07) is 12.9. The van der Waals surface area contributed by atoms with Crippen LogP contribution in [0.3, 0.4) is 0 Å². The van der Waals surface area contributed by atoms with E-state index in [0.717, 1.165) is 24.3 Å². The number of rotatable bonds is 1. The van der Waals surface area contributed by atoms with Crippen LogP contribution in [0, 0.1) is 6.92 Å². The summed E-state index contributed by atoms with van der Waals surface area (Å²) in [6.07, 6.45) is 2.57. The maximum Gasteiger partial charge on any atom is 0.158 e. The molecule has 1 saturated heterocycles. The molecule has 1 aliphatic rings. The van der Waals surface area contributed by atoms with Gasteiger partial charge in [0.1, 0.15) is 5.58 Å². The van der Waals surface area contributed by atoms with E-state index in [4.69, 9.17) is 4.42 Å². The second kappa shape index (κ2) is 4.02. The summed E-state index contributed by atoms with van der Waals surface area (Å²) in [5.41, 5.74) is 4.57. The first-order chi connectivity index (χ1) is 9.33. The smallest absolute Gasteiger partial charge is 0.158 e. The Morgan fingerprint density at radius 1 is 1.00 bits per heavy atom. The summed E-state index contributed by atoms with van der Waals surface area (Å²) in [7, 11) is 0. The number of para-hydroxylation sites is 1. The van der Waals surface area contributed by atoms with Gasteiger partial charge in [0, 0.05) is 23.9 Å². The molecule has 0 aliphatic carbocycles. The minimum atomic E-state index is 0.993. The van der Waals surface area contributed by atoms with Crippen molar-refractivity contribution in [2.45, 2.75) is 19.8 Å². The molecule has 2 nitrogen and oxygen atoms in total. The molecule has 96 valence electrons. The Morgan fingerprint density at radius 2 is 1.84 bits per heavy atom. The van der Waals surface area contributed by atoms with E-state index in [1.54, 1.807) is 0 Å². The highest BCUT2D eigenvalue weighted by Crippen LogP contribution is 2.36. The predicted molar refractivity (Wildman–Crippen MR) is 79.9 cm³/mol. The van der Waals surface area contributed by atoms with Crippen molar-refractivity contribution >= 4 is 27.6 Å². The van der Waals surface area contributed by atoms with Gasteiger partial charge in [-0.05, 0) is 38.0 Å². The Labute approximate surface area is 112 Å². The first-order valence-electron chi connectivity index (χ1n) is 7.00. The van der Waals surface area contributed by atoms with Crippen molar-refractivity contribution in [1.82, 2.24) is 0 Å². The maximum atomic E-state index is 6.11. The van der Waals surface area contributed by atoms with Crippen LogP contribution in [0.25, 0.3) is 21.9 Å². The van der Waals surface area contributed by atoms with Crippen molar-refractivity contribution in [2.24, 2.45) is 0 Å². The minimum Gasteiger partial charge on any atom is -0.454 e. The molecule has 0 spiro atoms. The van der Waals surface area contributed by atoms with Crippen molar-refractivity contribution in [3.63, 3.8) is 0 Å². The van der Waals surface area contributed by atoms with Gasteiger partial charge in [0.05, 0.1) is 5.69 Å². The van der Waals surface area contributed by atoms with E-state index >= 15 is 0 Å². The molecule has 1 aromatic heterocycles. The third-order valence-corrected chi connectivity index (χ3v) is 4.08. The second-order valence-corrected chi connectivity index (χ2v) is 5.45. The average Bonchev–Trinajstić information content (AvgIpc) is 3.05. The van der Waals surface area contributed by atoms with Gasteiger partial charge in [0.2, 0.25) is 0 Å². The van der Waals surface area contributed by atoms with Crippen LogP contribution in [-0.2, 0) is 0 Å². The summed E-state index contributed by atoms with van der Waals surface area (Å²) in [5, 5.41) is 2.47. The molecule has 19 heavy (non-hydrogen) atoms. The third-order valence-electron chi connectivity index (χ3n) is 4.08. The molecule has 4 rings (SSSR count). The van der Waals surface area contributed by atoms with Crippen molar-refractivity contribution in [3.8, 4) is 0 Å². The van der Waals surface area contributed by atoms with Gasteiger partial charge in [0.25, 0.3) is 0 Å². The topological polar surface area (TPSA) is 16.4 Å². The highest BCUT2D eigenvalue weighted by molar-refractivity contribution is 6.09. The van der Waals surface area contributed by atoms with Gasteiger partial charge in [0.15, 0.2) is 5.58 Å². The van der Waals surface area contributed by atoms with Crippen LogP contribution in [0.15, 0.2) is 40.8 Å². The van der Waals surface area contributed by atoms with Gasteiger partial charge in [-0.2, -0.15) is 0 Å². The summed E-state index contributed by atoms with van der Waals surface area (Å²) in [5.74, 6) is 0. The molecule has 0 atom stereocenters. The van der Waals surface area contributed by atoms with E-state index in [0.29, 0.717) is 0 Å². The lowest BCUT2D eigenvalue weighted by molar-refractivity contribution is 0.667. The fourth-order valence-electron chi connectivity index (χ4n) is 3.10. The van der Waals surface area contributed by atoms with E-state index < -0.39 is 0 Å². The fourth-order valence-corrected chi connectivity index (χ4v) is 3.10. The average molecular weight is 251 g/mol. The molecule has 0 bridgehead atoms. The number of benzene rings is 2. The zero-order valence-corrected chi connectivity index (χ0v) is 11.1. The maximum absolute atomic E-state index is 6.11. The first-order valence-corrected chi connectivity index (χ1v) is 7.00. The Hall–Kier alpha value is -1.96. The number of anilines is 1. The van der Waals surface area contributed by atoms with Gasteiger partial charge in [-0.25, -0.2) is 0 Å². The van der Waals surface area contributed by atoms with E-state index in [-0.39, 0.29) is 0 Å². The van der Waals surface area contributed by atoms with Crippen LogP contribution in [0.5, 0.6) is 0 Å². The highest BCUT2D eigenvalue weighted by Gasteiger charge is 2.18. The van der Waals surface area contributed by atoms with Crippen molar-refractivity contribution in [1.29, 1.82) is 0 Å². The quantitative estimate of drug-likeness (QED) is 0.633. The Morgan fingerprint density at radius 3 is 2.68 bits per heavy atom. The van der Waals surface area contributed by atoms with Crippen LogP contribution >= 0.6 is 0 Å². The number of aryl methyl sites for hydroxylation is 1. The summed E-state index contributed by atoms with van der Waals surface area (Å²) >= 11 is 0. The highest BCUT2D eigenvalue weighted by atomic mass is 16.3. The molecule has 1 aliphatic heterocycles. The molecule has 0 unspecified atom stereocenters. The van der Waals surface area contributed by atoms with Crippen LogP contribution in [0.2, 0.25) is 0 Å². The lowest BCUT2D eigenvalue weighted by Gasteiger charge is -2.17. The Bertz CT molecular complexity index is 750. The largest absolute Gasteiger partial charge is 0.454 e. The standard InChI is InChI=1S/C17H17NO/c1-12-7-8-16-14(11-12)13-5-4-6-15(17(13)19-16)18-9-2-3-10-18/h4-8,11H,2-3,9-10H2,1H3. The molecule has 0 amide bonds. The molecule has 0 radical (unpaired) electrons. The number of hydrogen-bond acceptors (Lipinski definition) is 2. The van der Waals surface area contributed by atoms with Crippen molar-refractivity contribution in [2.75, 3.05) is 18.0 Å². The molecule has 1 fully saturated rings. The van der Waals surface area contributed by atoms with Crippen molar-refractivity contribution in [3.05, 3.63) is 42.0 Å². The van der Waals surface area contributed by atoms with Gasteiger partial charge < -0.3 is 9.32 Å². The lowest BCUT2D eigenvalue weighted by atomic mass is 10.1. The first kappa shape index (κ1) is 10.9. The number of hydrogen-bond donors (Lipinski definition) is 0. The third kappa shape index (κ3) is 1.63. The van der Waals surface area contributed by atoms with E-state index in [2.05, 4.69) is 48.2 Å². The van der Waals surface area contributed by atoms with Crippen LogP contribution in [-0.4, -0.2) is 13.1 Å². The Balaban J connectivity index is 2.02. The number of fused-ring (bicyclic) bond motifs is 3. The zero-order valence-electron chi connectivity index (χ0n) is 11.1. The van der Waals surface area contributed by atoms with Gasteiger partial charge >= 0.3 is 0 Å². The molecule has 2 aromatic carbocycles. The van der Waals surface area contributed by atoms with Crippen LogP contribution in [0.1, 0.15) is 18.4 Å². The molecular weight excluding hydrogens is 234 g/mol. The monoisotopic (exact) mass is 251 g/mol. The molecule has 2 heteroatoms. The minimum absolute atomic E-state index is 0.993. The number of nitrogens with zero attached hydrogens (tertiary/aromatic N) is 1. The summed E-state index contributed by atoms with van der Waals surface area (Å²) in [4.78, 5) is 2.44. The van der Waals surface area contributed by atoms with Crippen LogP contribution < -0.4 is 4.90 Å². The van der Waals surface area contributed by atoms with E-state index in [1.807, 2.05) is 0 Å². The molecule has 2 heterocycles. The van der Waals surface area contributed by atoms with Crippen LogP contribution in [0.4, 0.5) is 5.69 Å². The molecule has 0 saturated carbocycles. The van der Waals surface area contributed by atoms with Gasteiger partial charge in [-0.3, -0.25) is 0 Å². The normalized spacial score (nSPS) is 15.7. The van der Waals surface area contributed by atoms with E-state index in [9.17, 15) is 0 Å². The number of furan rings is 1. The predicted octanol–water partition coefficient (Wildman–Crippen LogP) is 4.49. The SMILES string of the molecule is Cc1ccc2oc3c(N4CCCC4)cccc3c2c1. The lowest BCUT2D eigenvalue weighted by Crippen LogP contribution is -2.17. The van der Waals surface area contributed by atoms with Gasteiger partial charge in [-0.1, -0.05) is 23.8 Å². The summed E-state index contributed by atoms with van der Waals surface area (Å²) in [6.45, 7) is 4.42. The van der Waals surface area contributed by atoms with Gasteiger partial charge in [-0.15, -0.1) is 0 Å². The Kier molecular flexibility index (Phi) is 2.31. The van der Waals surface area contributed by atoms with E-state index in [1.165, 1.54) is 34.9 Å². The second-order valence-electron chi connectivity index (χ2n) is 5.45. The molecule has 3 aromatic rings. The molecule has 0 N–H and O–H groups in total. The molecular formula is C17H17NO. The summed E-state index contributed by atoms with van der Waals surface area (Å²) < 4.78 is 6.11.